The van der Waals surface area contributed by atoms with Crippen LogP contribution in [0.3, 0.4) is 0 Å². The van der Waals surface area contributed by atoms with Crippen molar-refractivity contribution < 1.29 is 14.7 Å². The molecule has 7 heteroatoms. The number of thioether (sulfide) groups is 1. The Bertz CT molecular complexity index is 386. The molecule has 0 aromatic rings. The Labute approximate surface area is 117 Å². The third kappa shape index (κ3) is 4.29. The maximum absolute atomic E-state index is 11.4. The number of nitrogens with zero attached hydrogens (tertiary/aromatic N) is 1. The van der Waals surface area contributed by atoms with Crippen LogP contribution in [-0.2, 0) is 9.59 Å². The zero-order chi connectivity index (χ0) is 14.6. The van der Waals surface area contributed by atoms with Gasteiger partial charge >= 0.3 is 0 Å². The Balaban J connectivity index is 2.60. The molecule has 6 nitrogen and oxygen atoms in total. The molecule has 0 spiro atoms. The summed E-state index contributed by atoms with van der Waals surface area (Å²) in [5, 5.41) is 13.8. The van der Waals surface area contributed by atoms with Gasteiger partial charge in [-0.05, 0) is 19.9 Å². The van der Waals surface area contributed by atoms with Crippen molar-refractivity contribution in [3.8, 4) is 0 Å². The molecular weight excluding hydrogens is 266 g/mol. The Morgan fingerprint density at radius 1 is 1.63 bits per heavy atom. The number of primary amides is 1. The first-order valence-electron chi connectivity index (χ1n) is 6.21. The summed E-state index contributed by atoms with van der Waals surface area (Å²) in [7, 11) is 1.65. The highest BCUT2D eigenvalue weighted by molar-refractivity contribution is 8.14. The average molecular weight is 287 g/mol. The molecule has 1 rings (SSSR count). The van der Waals surface area contributed by atoms with Crippen LogP contribution in [0.15, 0.2) is 4.99 Å². The van der Waals surface area contributed by atoms with E-state index in [4.69, 9.17) is 5.73 Å². The number of carbonyl (C=O) groups is 2. The zero-order valence-corrected chi connectivity index (χ0v) is 12.2. The molecule has 0 aliphatic carbocycles. The summed E-state index contributed by atoms with van der Waals surface area (Å²) >= 11 is 1.48. The lowest BCUT2D eigenvalue weighted by Crippen LogP contribution is -2.46. The highest BCUT2D eigenvalue weighted by Crippen LogP contribution is 2.25. The lowest BCUT2D eigenvalue weighted by molar-refractivity contribution is -0.122. The Kier molecular flexibility index (Phi) is 5.96. The second kappa shape index (κ2) is 7.02. The third-order valence-electron chi connectivity index (χ3n) is 3.21. The van der Waals surface area contributed by atoms with Crippen LogP contribution in [0, 0.1) is 5.92 Å². The first-order valence-corrected chi connectivity index (χ1v) is 7.20. The maximum atomic E-state index is 11.4. The summed E-state index contributed by atoms with van der Waals surface area (Å²) in [4.78, 5) is 26.6. The van der Waals surface area contributed by atoms with E-state index in [0.29, 0.717) is 12.2 Å². The van der Waals surface area contributed by atoms with E-state index in [0.717, 1.165) is 5.04 Å². The van der Waals surface area contributed by atoms with Gasteiger partial charge in [0.1, 0.15) is 11.8 Å². The summed E-state index contributed by atoms with van der Waals surface area (Å²) in [5.74, 6) is -0.0834. The SMILES string of the molecule is CNC(C(C)=O)C(O)C(C)CC1=NC(C(N)=O)CS1. The number of Topliss-reactive ketones (excluding diaryl/α,β-unsaturated/α-hetero) is 1. The van der Waals surface area contributed by atoms with Gasteiger partial charge in [-0.15, -0.1) is 11.8 Å². The Morgan fingerprint density at radius 3 is 2.68 bits per heavy atom. The van der Waals surface area contributed by atoms with Gasteiger partial charge in [0.05, 0.1) is 17.2 Å². The van der Waals surface area contributed by atoms with Crippen LogP contribution in [0.1, 0.15) is 20.3 Å². The van der Waals surface area contributed by atoms with Crippen LogP contribution < -0.4 is 11.1 Å². The minimum absolute atomic E-state index is 0.0992. The second-order valence-corrected chi connectivity index (χ2v) is 5.89. The van der Waals surface area contributed by atoms with Crippen LogP contribution >= 0.6 is 11.8 Å². The van der Waals surface area contributed by atoms with Gasteiger partial charge in [0.2, 0.25) is 5.91 Å². The number of rotatable bonds is 7. The first-order chi connectivity index (χ1) is 8.86. The van der Waals surface area contributed by atoms with Crippen molar-refractivity contribution in [3.05, 3.63) is 0 Å². The van der Waals surface area contributed by atoms with Crippen molar-refractivity contribution in [3.63, 3.8) is 0 Å². The molecule has 108 valence electrons. The Hall–Kier alpha value is -0.920. The maximum Gasteiger partial charge on any atom is 0.243 e. The monoisotopic (exact) mass is 287 g/mol. The summed E-state index contributed by atoms with van der Waals surface area (Å²) in [6, 6.07) is -1.04. The number of aliphatic hydroxyl groups excluding tert-OH is 1. The van der Waals surface area contributed by atoms with Gasteiger partial charge in [0.15, 0.2) is 0 Å². The molecule has 1 heterocycles. The summed E-state index contributed by atoms with van der Waals surface area (Å²) in [6.45, 7) is 3.31. The number of carbonyl (C=O) groups excluding carboxylic acids is 2. The molecule has 0 saturated carbocycles. The number of aliphatic hydroxyl groups is 1. The highest BCUT2D eigenvalue weighted by atomic mass is 32.2. The average Bonchev–Trinajstić information content (AvgIpc) is 2.77. The molecule has 4 unspecified atom stereocenters. The third-order valence-corrected chi connectivity index (χ3v) is 4.29. The molecule has 0 aromatic heterocycles. The normalized spacial score (nSPS) is 23.6. The van der Waals surface area contributed by atoms with Crippen molar-refractivity contribution in [2.24, 2.45) is 16.6 Å². The van der Waals surface area contributed by atoms with E-state index in [1.54, 1.807) is 7.05 Å². The second-order valence-electron chi connectivity index (χ2n) is 4.80. The minimum Gasteiger partial charge on any atom is -0.391 e. The van der Waals surface area contributed by atoms with Crippen LogP contribution in [-0.4, -0.2) is 52.8 Å². The fourth-order valence-corrected chi connectivity index (χ4v) is 3.19. The molecule has 19 heavy (non-hydrogen) atoms. The van der Waals surface area contributed by atoms with Crippen LogP contribution in [0.5, 0.6) is 0 Å². The number of amides is 1. The number of hydrogen-bond donors (Lipinski definition) is 3. The largest absolute Gasteiger partial charge is 0.391 e. The lowest BCUT2D eigenvalue weighted by Gasteiger charge is -2.25. The first kappa shape index (κ1) is 16.1. The van der Waals surface area contributed by atoms with Gasteiger partial charge in [-0.1, -0.05) is 6.92 Å². The molecule has 0 radical (unpaired) electrons. The van der Waals surface area contributed by atoms with Crippen LogP contribution in [0.25, 0.3) is 0 Å². The van der Waals surface area contributed by atoms with Crippen molar-refractivity contribution >= 4 is 28.5 Å². The molecule has 4 N–H and O–H groups in total. The molecule has 0 fully saturated rings. The molecule has 0 aromatic carbocycles. The van der Waals surface area contributed by atoms with Crippen molar-refractivity contribution in [1.82, 2.24) is 5.32 Å². The van der Waals surface area contributed by atoms with Crippen molar-refractivity contribution in [2.75, 3.05) is 12.8 Å². The zero-order valence-electron chi connectivity index (χ0n) is 11.4. The van der Waals surface area contributed by atoms with E-state index in [2.05, 4.69) is 10.3 Å². The molecule has 1 aliphatic rings. The number of nitrogens with two attached hydrogens (primary N) is 1. The number of aliphatic imine (C=N–C) groups is 1. The lowest BCUT2D eigenvalue weighted by atomic mass is 9.93. The van der Waals surface area contributed by atoms with E-state index >= 15 is 0 Å². The standard InChI is InChI=1S/C12H21N3O3S/c1-6(11(17)10(14-3)7(2)16)4-9-15-8(5-19-9)12(13)18/h6,8,10-11,14,17H,4-5H2,1-3H3,(H2,13,18). The summed E-state index contributed by atoms with van der Waals surface area (Å²) in [6.07, 6.45) is -0.237. The summed E-state index contributed by atoms with van der Waals surface area (Å²) in [5.41, 5.74) is 5.20. The minimum atomic E-state index is -0.779. The highest BCUT2D eigenvalue weighted by Gasteiger charge is 2.30. The van der Waals surface area contributed by atoms with E-state index in [1.807, 2.05) is 6.92 Å². The molecule has 4 atom stereocenters. The number of likely N-dealkylation sites (N-methyl/N-ethyl adjacent to an activating group) is 1. The van der Waals surface area contributed by atoms with Gasteiger partial charge < -0.3 is 16.2 Å². The van der Waals surface area contributed by atoms with E-state index < -0.39 is 24.1 Å². The fraction of sp³-hybridized carbons (Fsp3) is 0.750. The number of ketones is 1. The predicted octanol–water partition coefficient (Wildman–Crippen LogP) is -0.450. The molecular formula is C12H21N3O3S. The van der Waals surface area contributed by atoms with E-state index in [9.17, 15) is 14.7 Å². The van der Waals surface area contributed by atoms with Crippen molar-refractivity contribution in [2.45, 2.75) is 38.5 Å². The van der Waals surface area contributed by atoms with Gasteiger partial charge in [-0.2, -0.15) is 0 Å². The predicted molar refractivity (Wildman–Crippen MR) is 76.2 cm³/mol. The molecule has 1 aliphatic heterocycles. The van der Waals surface area contributed by atoms with Gasteiger partial charge in [-0.3, -0.25) is 14.6 Å². The van der Waals surface area contributed by atoms with E-state index in [1.165, 1.54) is 18.7 Å². The topological polar surface area (TPSA) is 105 Å². The number of hydrogen-bond acceptors (Lipinski definition) is 6. The van der Waals surface area contributed by atoms with Gasteiger partial charge in [-0.25, -0.2) is 0 Å². The van der Waals surface area contributed by atoms with Crippen LogP contribution in [0.4, 0.5) is 0 Å². The fourth-order valence-electron chi connectivity index (χ4n) is 2.02. The Morgan fingerprint density at radius 2 is 2.26 bits per heavy atom. The van der Waals surface area contributed by atoms with Crippen LogP contribution in [0.2, 0.25) is 0 Å². The van der Waals surface area contributed by atoms with Crippen molar-refractivity contribution in [1.29, 1.82) is 0 Å². The smallest absolute Gasteiger partial charge is 0.243 e. The molecule has 0 bridgehead atoms. The van der Waals surface area contributed by atoms with E-state index in [-0.39, 0.29) is 11.7 Å². The van der Waals surface area contributed by atoms with Gasteiger partial charge in [0, 0.05) is 12.2 Å². The molecule has 0 saturated heterocycles. The molecule has 1 amide bonds. The summed E-state index contributed by atoms with van der Waals surface area (Å²) < 4.78 is 0. The quantitative estimate of drug-likeness (QED) is 0.588. The number of nitrogens with one attached hydrogen (secondary N) is 1. The van der Waals surface area contributed by atoms with Gasteiger partial charge in [0.25, 0.3) is 0 Å².